The highest BCUT2D eigenvalue weighted by molar-refractivity contribution is 5.69. The lowest BCUT2D eigenvalue weighted by Crippen LogP contribution is -2.18. The second-order valence-corrected chi connectivity index (χ2v) is 18.8. The van der Waals surface area contributed by atoms with Crippen LogP contribution >= 0.6 is 0 Å². The molecule has 1 rings (SSSR count). The summed E-state index contributed by atoms with van der Waals surface area (Å²) in [6.07, 6.45) is 37.3. The molecule has 1 aromatic carbocycles. The van der Waals surface area contributed by atoms with Crippen molar-refractivity contribution in [3.05, 3.63) is 23.8 Å². The molecule has 0 saturated heterocycles. The lowest BCUT2D eigenvalue weighted by molar-refractivity contribution is -0.150. The number of aliphatic hydroxyl groups excluding tert-OH is 1. The van der Waals surface area contributed by atoms with Crippen molar-refractivity contribution in [1.29, 1.82) is 0 Å². The molecular formula is C55H101NO8. The Kier molecular flexibility index (Phi) is 41.5. The van der Waals surface area contributed by atoms with Crippen LogP contribution in [0.1, 0.15) is 251 Å². The largest absolute Gasteiger partial charge is 0.494 e. The van der Waals surface area contributed by atoms with E-state index in [1.54, 1.807) is 0 Å². The molecule has 0 bridgehead atoms. The van der Waals surface area contributed by atoms with Gasteiger partial charge in [-0.2, -0.15) is 0 Å². The van der Waals surface area contributed by atoms with Crippen molar-refractivity contribution < 1.29 is 38.4 Å². The smallest absolute Gasteiger partial charge is 0.306 e. The number of hydrogen-bond acceptors (Lipinski definition) is 9. The molecule has 0 aliphatic heterocycles. The van der Waals surface area contributed by atoms with Crippen LogP contribution < -0.4 is 9.47 Å². The molecule has 1 atom stereocenters. The van der Waals surface area contributed by atoms with Crippen LogP contribution in [0, 0.1) is 0 Å². The number of unbranched alkanes of at least 4 members (excludes halogenated alkanes) is 24. The summed E-state index contributed by atoms with van der Waals surface area (Å²) in [6.45, 7) is 9.65. The average molecular weight is 904 g/mol. The number of benzene rings is 1. The van der Waals surface area contributed by atoms with E-state index in [1.165, 1.54) is 96.3 Å². The van der Waals surface area contributed by atoms with Gasteiger partial charge in [0, 0.05) is 18.4 Å². The number of ether oxygens (including phenoxy) is 5. The zero-order valence-electron chi connectivity index (χ0n) is 42.4. The Morgan fingerprint density at radius 2 is 1.00 bits per heavy atom. The van der Waals surface area contributed by atoms with Crippen molar-refractivity contribution in [3.63, 3.8) is 0 Å². The average Bonchev–Trinajstić information content (AvgIpc) is 3.28. The number of carbonyl (C=O) groups is 2. The van der Waals surface area contributed by atoms with Gasteiger partial charge in [-0.1, -0.05) is 162 Å². The monoisotopic (exact) mass is 904 g/mol. The summed E-state index contributed by atoms with van der Waals surface area (Å²) >= 11 is 0. The summed E-state index contributed by atoms with van der Waals surface area (Å²) in [6, 6.07) is 5.89. The first kappa shape index (κ1) is 59.7. The molecule has 374 valence electrons. The van der Waals surface area contributed by atoms with E-state index >= 15 is 0 Å². The van der Waals surface area contributed by atoms with Gasteiger partial charge in [-0.3, -0.25) is 9.59 Å². The molecule has 9 heteroatoms. The van der Waals surface area contributed by atoms with Gasteiger partial charge in [0.15, 0.2) is 6.29 Å². The van der Waals surface area contributed by atoms with E-state index in [-0.39, 0.29) is 24.6 Å². The fourth-order valence-corrected chi connectivity index (χ4v) is 8.06. The Labute approximate surface area is 394 Å². The van der Waals surface area contributed by atoms with Crippen LogP contribution in [-0.2, 0) is 30.4 Å². The highest BCUT2D eigenvalue weighted by Gasteiger charge is 2.15. The van der Waals surface area contributed by atoms with Gasteiger partial charge in [-0.25, -0.2) is 0 Å². The summed E-state index contributed by atoms with van der Waals surface area (Å²) in [5, 5.41) is 10.5. The number of hydrogen-bond donors (Lipinski definition) is 1. The minimum Gasteiger partial charge on any atom is -0.494 e. The van der Waals surface area contributed by atoms with Gasteiger partial charge >= 0.3 is 11.9 Å². The summed E-state index contributed by atoms with van der Waals surface area (Å²) in [5.41, 5.74) is 0.868. The van der Waals surface area contributed by atoms with Gasteiger partial charge in [0.2, 0.25) is 0 Å². The van der Waals surface area contributed by atoms with E-state index in [1.807, 2.05) is 32.3 Å². The fraction of sp³-hybridized carbons (Fsp3) is 0.855. The van der Waals surface area contributed by atoms with E-state index < -0.39 is 6.29 Å². The maximum absolute atomic E-state index is 12.8. The quantitative estimate of drug-likeness (QED) is 0.0389. The molecule has 0 fully saturated rings. The molecule has 0 aliphatic rings. The van der Waals surface area contributed by atoms with Crippen molar-refractivity contribution in [2.24, 2.45) is 0 Å². The van der Waals surface area contributed by atoms with E-state index in [0.29, 0.717) is 39.1 Å². The lowest BCUT2D eigenvalue weighted by atomic mass is 10.0. The molecule has 1 N–H and O–H groups in total. The molecular weight excluding hydrogens is 803 g/mol. The van der Waals surface area contributed by atoms with Gasteiger partial charge in [0.25, 0.3) is 0 Å². The first-order valence-corrected chi connectivity index (χ1v) is 27.0. The fourth-order valence-electron chi connectivity index (χ4n) is 8.06. The summed E-state index contributed by atoms with van der Waals surface area (Å²) in [4.78, 5) is 27.0. The zero-order chi connectivity index (χ0) is 46.6. The second kappa shape index (κ2) is 44.5. The Morgan fingerprint density at radius 3 is 1.55 bits per heavy atom. The number of carbonyl (C=O) groups excluding carboxylic acids is 2. The third-order valence-corrected chi connectivity index (χ3v) is 12.2. The predicted molar refractivity (Wildman–Crippen MR) is 266 cm³/mol. The molecule has 0 saturated carbocycles. The highest BCUT2D eigenvalue weighted by atomic mass is 16.6. The van der Waals surface area contributed by atoms with E-state index in [9.17, 15) is 14.7 Å². The first-order chi connectivity index (χ1) is 31.3. The standard InChI is InChI=1S/C55H101NO8/c1-6-9-12-15-18-25-34-46-62-53(57)38-30-23-19-27-33-45-61-52-42-41-51(47-49(52)48-63-54(58)40-35-43-56(4)5)60-44-32-26-20-24-31-39-55(59)64-50(36-28-21-16-13-10-7-2)37-29-22-17-14-11-8-3/h41-42,47,50,54,58H,6-40,43-46,48H2,1-5H3. The van der Waals surface area contributed by atoms with Crippen molar-refractivity contribution >= 4 is 11.9 Å². The Bertz CT molecular complexity index is 1180. The normalized spacial score (nSPS) is 12.0. The molecule has 0 heterocycles. The topological polar surface area (TPSA) is 104 Å². The number of esters is 2. The maximum Gasteiger partial charge on any atom is 0.306 e. The van der Waals surface area contributed by atoms with Gasteiger partial charge < -0.3 is 33.7 Å². The van der Waals surface area contributed by atoms with Crippen molar-refractivity contribution in [2.75, 3.05) is 40.5 Å². The molecule has 0 aromatic heterocycles. The van der Waals surface area contributed by atoms with Gasteiger partial charge in [-0.05, 0) is 109 Å². The Hall–Kier alpha value is -2.36. The lowest BCUT2D eigenvalue weighted by Gasteiger charge is -2.18. The Balaban J connectivity index is 2.42. The number of nitrogens with zero attached hydrogens (tertiary/aromatic N) is 1. The zero-order valence-corrected chi connectivity index (χ0v) is 42.4. The molecule has 0 radical (unpaired) electrons. The number of rotatable bonds is 48. The molecule has 0 aliphatic carbocycles. The van der Waals surface area contributed by atoms with E-state index in [0.717, 1.165) is 133 Å². The van der Waals surface area contributed by atoms with Gasteiger partial charge in [0.05, 0.1) is 26.4 Å². The molecule has 64 heavy (non-hydrogen) atoms. The molecule has 1 aromatic rings. The molecule has 0 amide bonds. The van der Waals surface area contributed by atoms with Crippen LogP contribution in [0.25, 0.3) is 0 Å². The third kappa shape index (κ3) is 37.8. The summed E-state index contributed by atoms with van der Waals surface area (Å²) in [5.74, 6) is 1.45. The summed E-state index contributed by atoms with van der Waals surface area (Å²) in [7, 11) is 4.06. The van der Waals surface area contributed by atoms with Crippen LogP contribution in [0.4, 0.5) is 0 Å². The Morgan fingerprint density at radius 1 is 0.531 bits per heavy atom. The highest BCUT2D eigenvalue weighted by Crippen LogP contribution is 2.27. The first-order valence-electron chi connectivity index (χ1n) is 27.0. The van der Waals surface area contributed by atoms with E-state index in [2.05, 4.69) is 25.7 Å². The van der Waals surface area contributed by atoms with Gasteiger partial charge in [-0.15, -0.1) is 0 Å². The van der Waals surface area contributed by atoms with Crippen LogP contribution in [-0.4, -0.2) is 74.8 Å². The second-order valence-electron chi connectivity index (χ2n) is 18.8. The van der Waals surface area contributed by atoms with Crippen LogP contribution in [0.3, 0.4) is 0 Å². The SMILES string of the molecule is CCCCCCCCCOC(=O)CCCCCCCOc1ccc(OCCCCCCCC(=O)OC(CCCCCCCC)CCCCCCCC)cc1COC(O)CCCN(C)C. The number of aliphatic hydroxyl groups is 1. The molecule has 1 unspecified atom stereocenters. The molecule has 0 spiro atoms. The van der Waals surface area contributed by atoms with Crippen molar-refractivity contribution in [2.45, 2.75) is 265 Å². The van der Waals surface area contributed by atoms with E-state index in [4.69, 9.17) is 23.7 Å². The molecule has 9 nitrogen and oxygen atoms in total. The minimum atomic E-state index is -0.839. The van der Waals surface area contributed by atoms with Crippen molar-refractivity contribution in [1.82, 2.24) is 4.90 Å². The van der Waals surface area contributed by atoms with Crippen LogP contribution in [0.5, 0.6) is 11.5 Å². The maximum atomic E-state index is 12.8. The summed E-state index contributed by atoms with van der Waals surface area (Å²) < 4.78 is 29.7. The predicted octanol–water partition coefficient (Wildman–Crippen LogP) is 15.0. The third-order valence-electron chi connectivity index (χ3n) is 12.2. The van der Waals surface area contributed by atoms with Crippen LogP contribution in [0.15, 0.2) is 18.2 Å². The van der Waals surface area contributed by atoms with Crippen molar-refractivity contribution in [3.8, 4) is 11.5 Å². The minimum absolute atomic E-state index is 0.0155. The van der Waals surface area contributed by atoms with Crippen LogP contribution in [0.2, 0.25) is 0 Å². The van der Waals surface area contributed by atoms with Gasteiger partial charge in [0.1, 0.15) is 17.6 Å².